The Morgan fingerprint density at radius 1 is 1.05 bits per heavy atom. The molecule has 0 fully saturated rings. The van der Waals surface area contributed by atoms with E-state index in [2.05, 4.69) is 10.9 Å². The van der Waals surface area contributed by atoms with Crippen LogP contribution in [0.5, 0.6) is 0 Å². The lowest BCUT2D eigenvalue weighted by atomic mass is 10.2. The van der Waals surface area contributed by atoms with Crippen molar-refractivity contribution in [2.75, 3.05) is 0 Å². The highest BCUT2D eigenvalue weighted by Gasteiger charge is 2.14. The Labute approximate surface area is 124 Å². The van der Waals surface area contributed by atoms with Crippen LogP contribution in [0.2, 0.25) is 10.0 Å². The monoisotopic (exact) mass is 312 g/mol. The van der Waals surface area contributed by atoms with E-state index in [1.54, 1.807) is 6.92 Å². The summed E-state index contributed by atoms with van der Waals surface area (Å²) in [5.41, 5.74) is 5.09. The van der Waals surface area contributed by atoms with Crippen LogP contribution in [0.3, 0.4) is 0 Å². The van der Waals surface area contributed by atoms with Crippen molar-refractivity contribution in [2.24, 2.45) is 0 Å². The zero-order valence-electron chi connectivity index (χ0n) is 10.4. The van der Waals surface area contributed by atoms with Crippen LogP contribution in [0.15, 0.2) is 34.9 Å². The predicted octanol–water partition coefficient (Wildman–Crippen LogP) is 2.97. The average molecular weight is 313 g/mol. The van der Waals surface area contributed by atoms with Gasteiger partial charge in [-0.1, -0.05) is 23.2 Å². The molecule has 0 aliphatic carbocycles. The second-order valence-electron chi connectivity index (χ2n) is 3.92. The number of furan rings is 1. The highest BCUT2D eigenvalue weighted by atomic mass is 35.5. The maximum Gasteiger partial charge on any atom is 0.273 e. The highest BCUT2D eigenvalue weighted by molar-refractivity contribution is 6.36. The third-order valence-corrected chi connectivity index (χ3v) is 3.12. The first-order valence-corrected chi connectivity index (χ1v) is 6.34. The maximum absolute atomic E-state index is 11.9. The minimum atomic E-state index is -0.541. The lowest BCUT2D eigenvalue weighted by Gasteiger charge is -2.08. The molecule has 0 radical (unpaired) electrons. The summed E-state index contributed by atoms with van der Waals surface area (Å²) in [5, 5.41) is 0.619. The molecule has 20 heavy (non-hydrogen) atoms. The molecule has 7 heteroatoms. The summed E-state index contributed by atoms with van der Waals surface area (Å²) in [7, 11) is 0. The Balaban J connectivity index is 2.02. The molecule has 0 unspecified atom stereocenters. The fraction of sp³-hybridized carbons (Fsp3) is 0.0769. The van der Waals surface area contributed by atoms with E-state index in [1.165, 1.54) is 30.5 Å². The van der Waals surface area contributed by atoms with Gasteiger partial charge in [-0.3, -0.25) is 20.4 Å². The Kier molecular flexibility index (Phi) is 4.32. The molecule has 1 heterocycles. The predicted molar refractivity (Wildman–Crippen MR) is 74.8 cm³/mol. The van der Waals surface area contributed by atoms with Crippen molar-refractivity contribution in [1.82, 2.24) is 10.9 Å². The van der Waals surface area contributed by atoms with Crippen molar-refractivity contribution in [3.05, 3.63) is 57.5 Å². The van der Waals surface area contributed by atoms with Crippen molar-refractivity contribution < 1.29 is 14.0 Å². The molecule has 0 bridgehead atoms. The molecular weight excluding hydrogens is 303 g/mol. The van der Waals surface area contributed by atoms with Crippen molar-refractivity contribution in [3.8, 4) is 0 Å². The van der Waals surface area contributed by atoms with Crippen LogP contribution in [-0.4, -0.2) is 11.8 Å². The van der Waals surface area contributed by atoms with Gasteiger partial charge in [0.2, 0.25) is 0 Å². The van der Waals surface area contributed by atoms with Crippen LogP contribution in [0.4, 0.5) is 0 Å². The topological polar surface area (TPSA) is 71.3 Å². The van der Waals surface area contributed by atoms with Gasteiger partial charge in [-0.05, 0) is 31.2 Å². The molecule has 104 valence electrons. The average Bonchev–Trinajstić information content (AvgIpc) is 2.82. The van der Waals surface area contributed by atoms with Gasteiger partial charge in [-0.2, -0.15) is 0 Å². The molecule has 0 aliphatic rings. The number of rotatable bonds is 2. The van der Waals surface area contributed by atoms with E-state index in [0.29, 0.717) is 16.3 Å². The zero-order valence-corrected chi connectivity index (χ0v) is 11.9. The minimum Gasteiger partial charge on any atom is -0.469 e. The van der Waals surface area contributed by atoms with Crippen molar-refractivity contribution in [3.63, 3.8) is 0 Å². The first-order valence-electron chi connectivity index (χ1n) is 5.59. The smallest absolute Gasteiger partial charge is 0.273 e. The van der Waals surface area contributed by atoms with Crippen LogP contribution < -0.4 is 10.9 Å². The highest BCUT2D eigenvalue weighted by Crippen LogP contribution is 2.20. The molecule has 0 spiro atoms. The normalized spacial score (nSPS) is 10.2. The fourth-order valence-corrected chi connectivity index (χ4v) is 2.04. The number of hydrogen-bond acceptors (Lipinski definition) is 3. The Bertz CT molecular complexity index is 667. The first-order chi connectivity index (χ1) is 9.49. The van der Waals surface area contributed by atoms with Gasteiger partial charge in [0.1, 0.15) is 5.76 Å². The van der Waals surface area contributed by atoms with Crippen LogP contribution in [0.1, 0.15) is 26.5 Å². The van der Waals surface area contributed by atoms with Gasteiger partial charge < -0.3 is 4.42 Å². The van der Waals surface area contributed by atoms with E-state index in [-0.39, 0.29) is 10.6 Å². The molecule has 2 amide bonds. The van der Waals surface area contributed by atoms with Gasteiger partial charge in [0, 0.05) is 5.02 Å². The van der Waals surface area contributed by atoms with Crippen LogP contribution in [-0.2, 0) is 0 Å². The quantitative estimate of drug-likeness (QED) is 0.837. The van der Waals surface area contributed by atoms with Crippen molar-refractivity contribution in [1.29, 1.82) is 0 Å². The van der Waals surface area contributed by atoms with E-state index in [0.717, 1.165) is 0 Å². The third-order valence-electron chi connectivity index (χ3n) is 2.57. The molecule has 0 atom stereocenters. The largest absolute Gasteiger partial charge is 0.469 e. The number of hydrogen-bond donors (Lipinski definition) is 2. The second-order valence-corrected chi connectivity index (χ2v) is 4.77. The number of aryl methyl sites for hydroxylation is 1. The molecule has 2 rings (SSSR count). The van der Waals surface area contributed by atoms with Gasteiger partial charge in [-0.15, -0.1) is 0 Å². The Morgan fingerprint density at radius 3 is 2.25 bits per heavy atom. The lowest BCUT2D eigenvalue weighted by Crippen LogP contribution is -2.41. The summed E-state index contributed by atoms with van der Waals surface area (Å²) in [4.78, 5) is 23.6. The Morgan fingerprint density at radius 2 is 1.70 bits per heavy atom. The number of hydrazine groups is 1. The lowest BCUT2D eigenvalue weighted by molar-refractivity contribution is 0.0846. The maximum atomic E-state index is 11.9. The van der Waals surface area contributed by atoms with E-state index >= 15 is 0 Å². The van der Waals surface area contributed by atoms with E-state index < -0.39 is 11.8 Å². The van der Waals surface area contributed by atoms with E-state index in [1.807, 2.05) is 0 Å². The zero-order chi connectivity index (χ0) is 14.7. The standard InChI is InChI=1S/C13H10Cl2N2O3/c1-7-9(4-5-20-7)12(18)16-17-13(19)10-3-2-8(14)6-11(10)15/h2-6H,1H3,(H,16,18)(H,17,19). The number of halogens is 2. The molecule has 2 N–H and O–H groups in total. The van der Waals surface area contributed by atoms with Gasteiger partial charge in [0.05, 0.1) is 22.4 Å². The van der Waals surface area contributed by atoms with Crippen molar-refractivity contribution >= 4 is 35.0 Å². The molecule has 5 nitrogen and oxygen atoms in total. The number of carbonyl (C=O) groups excluding carboxylic acids is 2. The number of amides is 2. The SMILES string of the molecule is Cc1occc1C(=O)NNC(=O)c1ccc(Cl)cc1Cl. The molecule has 2 aromatic rings. The van der Waals surface area contributed by atoms with Gasteiger partial charge in [-0.25, -0.2) is 0 Å². The summed E-state index contributed by atoms with van der Waals surface area (Å²) in [5.74, 6) is -0.558. The van der Waals surface area contributed by atoms with Gasteiger partial charge in [0.15, 0.2) is 0 Å². The van der Waals surface area contributed by atoms with Gasteiger partial charge >= 0.3 is 0 Å². The van der Waals surface area contributed by atoms with Crippen LogP contribution in [0.25, 0.3) is 0 Å². The molecule has 0 saturated carbocycles. The van der Waals surface area contributed by atoms with Crippen LogP contribution >= 0.6 is 23.2 Å². The summed E-state index contributed by atoms with van der Waals surface area (Å²) >= 11 is 11.6. The van der Waals surface area contributed by atoms with Gasteiger partial charge in [0.25, 0.3) is 11.8 Å². The molecule has 1 aromatic heterocycles. The second kappa shape index (κ2) is 5.98. The van der Waals surface area contributed by atoms with E-state index in [9.17, 15) is 9.59 Å². The summed E-state index contributed by atoms with van der Waals surface area (Å²) in [6, 6.07) is 5.95. The van der Waals surface area contributed by atoms with Crippen LogP contribution in [0, 0.1) is 6.92 Å². The number of benzene rings is 1. The molecule has 1 aromatic carbocycles. The van der Waals surface area contributed by atoms with E-state index in [4.69, 9.17) is 27.6 Å². The third kappa shape index (κ3) is 3.12. The summed E-state index contributed by atoms with van der Waals surface area (Å²) in [6.45, 7) is 1.65. The number of carbonyl (C=O) groups is 2. The fourth-order valence-electron chi connectivity index (χ4n) is 1.54. The Hall–Kier alpha value is -1.98. The number of nitrogens with one attached hydrogen (secondary N) is 2. The molecule has 0 saturated heterocycles. The minimum absolute atomic E-state index is 0.198. The summed E-state index contributed by atoms with van der Waals surface area (Å²) < 4.78 is 5.00. The molecule has 0 aliphatic heterocycles. The first kappa shape index (κ1) is 14.4. The summed E-state index contributed by atoms with van der Waals surface area (Å²) in [6.07, 6.45) is 1.39. The molecular formula is C13H10Cl2N2O3. The van der Waals surface area contributed by atoms with Crippen molar-refractivity contribution in [2.45, 2.75) is 6.92 Å².